The summed E-state index contributed by atoms with van der Waals surface area (Å²) < 4.78 is 0. The van der Waals surface area contributed by atoms with Gasteiger partial charge in [0.05, 0.1) is 26.9 Å². The fourth-order valence-electron chi connectivity index (χ4n) is 1.04. The van der Waals surface area contributed by atoms with Crippen molar-refractivity contribution in [3.63, 3.8) is 0 Å². The van der Waals surface area contributed by atoms with Gasteiger partial charge < -0.3 is 15.0 Å². The van der Waals surface area contributed by atoms with Crippen molar-refractivity contribution in [2.45, 2.75) is 6.42 Å². The van der Waals surface area contributed by atoms with Crippen molar-refractivity contribution in [2.75, 3.05) is 0 Å². The molecule has 0 aliphatic rings. The number of non-ortho nitro benzene ring substituents is 1. The summed E-state index contributed by atoms with van der Waals surface area (Å²) in [6, 6.07) is 0.894. The molecule has 0 bridgehead atoms. The van der Waals surface area contributed by atoms with Crippen molar-refractivity contribution in [1.82, 2.24) is 0 Å². The van der Waals surface area contributed by atoms with Gasteiger partial charge in [0.25, 0.3) is 11.4 Å². The highest BCUT2D eigenvalue weighted by molar-refractivity contribution is 5.82. The third kappa shape index (κ3) is 5.16. The van der Waals surface area contributed by atoms with Gasteiger partial charge in [0.15, 0.2) is 0 Å². The molecule has 0 amide bonds. The summed E-state index contributed by atoms with van der Waals surface area (Å²) >= 11 is 0. The molecule has 0 heterocycles. The zero-order chi connectivity index (χ0) is 17.4. The van der Waals surface area contributed by atoms with Crippen LogP contribution >= 0.6 is 0 Å². The first-order chi connectivity index (χ1) is 10.1. The fourth-order valence-corrected chi connectivity index (χ4v) is 1.04. The molecule has 1 aromatic rings. The molecule has 0 fully saturated rings. The van der Waals surface area contributed by atoms with E-state index in [-0.39, 0.29) is 6.42 Å². The lowest BCUT2D eigenvalue weighted by molar-refractivity contribution is -0.404. The lowest BCUT2D eigenvalue weighted by Crippen LogP contribution is -1.97. The van der Waals surface area contributed by atoms with Crippen molar-refractivity contribution in [3.05, 3.63) is 42.5 Å². The summed E-state index contributed by atoms with van der Waals surface area (Å²) in [6.07, 6.45) is -0.0394. The predicted molar refractivity (Wildman–Crippen MR) is 66.4 cm³/mol. The molecule has 0 unspecified atom stereocenters. The summed E-state index contributed by atoms with van der Waals surface area (Å²) in [5, 5.41) is 47.9. The van der Waals surface area contributed by atoms with E-state index in [1.807, 2.05) is 0 Å². The van der Waals surface area contributed by atoms with Crippen molar-refractivity contribution in [1.29, 1.82) is 0 Å². The number of hydrogen-bond acceptors (Lipinski definition) is 9. The molecular formula is C9H7N3O10. The monoisotopic (exact) mass is 317 g/mol. The standard InChI is InChI=1S/C6H3N3O7.C3H4O3/c10-6-4(8(13)14)1-3(7(11)12)2-5(6)9(15)16;4-2-1-3(5)6/h1-2,10H;2H,1H2,(H,5,6). The fraction of sp³-hybridized carbons (Fsp3) is 0.111. The Morgan fingerprint density at radius 3 is 1.64 bits per heavy atom. The zero-order valence-corrected chi connectivity index (χ0v) is 10.4. The number of carbonyl (C=O) groups excluding carboxylic acids is 1. The number of aldehydes is 1. The number of carboxylic acid groups (broad SMARTS) is 1. The molecule has 13 heteroatoms. The van der Waals surface area contributed by atoms with Crippen LogP contribution in [0.15, 0.2) is 12.1 Å². The second-order valence-corrected chi connectivity index (χ2v) is 3.37. The van der Waals surface area contributed by atoms with Crippen LogP contribution in [0.2, 0.25) is 0 Å². The van der Waals surface area contributed by atoms with Gasteiger partial charge >= 0.3 is 17.3 Å². The Balaban J connectivity index is 0.000000626. The first-order valence-corrected chi connectivity index (χ1v) is 5.07. The van der Waals surface area contributed by atoms with E-state index in [2.05, 4.69) is 0 Å². The predicted octanol–water partition coefficient (Wildman–Crippen LogP) is 0.777. The molecule has 1 rings (SSSR count). The maximum absolute atomic E-state index is 10.4. The molecule has 0 saturated heterocycles. The second kappa shape index (κ2) is 7.83. The number of nitro groups is 3. The van der Waals surface area contributed by atoms with Gasteiger partial charge in [0.1, 0.15) is 12.7 Å². The minimum Gasteiger partial charge on any atom is -0.497 e. The van der Waals surface area contributed by atoms with Gasteiger partial charge in [-0.1, -0.05) is 0 Å². The van der Waals surface area contributed by atoms with Crippen LogP contribution in [0.5, 0.6) is 5.75 Å². The lowest BCUT2D eigenvalue weighted by atomic mass is 10.2. The Labute approximate surface area is 119 Å². The number of hydrogen-bond donors (Lipinski definition) is 2. The van der Waals surface area contributed by atoms with Gasteiger partial charge in [-0.05, 0) is 0 Å². The zero-order valence-electron chi connectivity index (χ0n) is 10.4. The van der Waals surface area contributed by atoms with Crippen molar-refractivity contribution in [3.8, 4) is 5.75 Å². The Bertz CT molecular complexity index is 606. The van der Waals surface area contributed by atoms with E-state index in [0.29, 0.717) is 18.4 Å². The van der Waals surface area contributed by atoms with Crippen molar-refractivity contribution < 1.29 is 34.6 Å². The minimum absolute atomic E-state index is 0.350. The van der Waals surface area contributed by atoms with E-state index in [0.717, 1.165) is 0 Å². The van der Waals surface area contributed by atoms with Gasteiger partial charge in [-0.3, -0.25) is 35.1 Å². The van der Waals surface area contributed by atoms with Crippen molar-refractivity contribution >= 4 is 29.3 Å². The van der Waals surface area contributed by atoms with Crippen LogP contribution in [0.3, 0.4) is 0 Å². The number of nitrogens with zero attached hydrogens (tertiary/aromatic N) is 3. The summed E-state index contributed by atoms with van der Waals surface area (Å²) in [7, 11) is 0. The molecule has 0 aromatic heterocycles. The van der Waals surface area contributed by atoms with E-state index < -0.39 is 43.6 Å². The number of carboxylic acids is 1. The second-order valence-electron chi connectivity index (χ2n) is 3.37. The normalized spacial score (nSPS) is 9.09. The summed E-state index contributed by atoms with van der Waals surface area (Å²) in [5.41, 5.74) is -3.00. The number of aliphatic carboxylic acids is 1. The molecule has 22 heavy (non-hydrogen) atoms. The van der Waals surface area contributed by atoms with E-state index in [1.165, 1.54) is 0 Å². The van der Waals surface area contributed by atoms with Crippen LogP contribution in [-0.4, -0.2) is 37.2 Å². The SMILES string of the molecule is O=CCC(=O)O.O=[N+]([O-])c1cc([N+](=O)[O-])c(O)c([N+](=O)[O-])c1. The average Bonchev–Trinajstić information content (AvgIpc) is 2.38. The van der Waals surface area contributed by atoms with E-state index >= 15 is 0 Å². The molecule has 0 atom stereocenters. The van der Waals surface area contributed by atoms with Crippen LogP contribution in [-0.2, 0) is 9.59 Å². The van der Waals surface area contributed by atoms with Gasteiger partial charge in [-0.2, -0.15) is 0 Å². The maximum atomic E-state index is 10.4. The highest BCUT2D eigenvalue weighted by atomic mass is 16.6. The van der Waals surface area contributed by atoms with Crippen LogP contribution in [0.1, 0.15) is 6.42 Å². The summed E-state index contributed by atoms with van der Waals surface area (Å²) in [6.45, 7) is 0. The lowest BCUT2D eigenvalue weighted by Gasteiger charge is -1.97. The van der Waals surface area contributed by atoms with Gasteiger partial charge in [0.2, 0.25) is 0 Å². The Morgan fingerprint density at radius 2 is 1.45 bits per heavy atom. The number of benzene rings is 1. The van der Waals surface area contributed by atoms with Gasteiger partial charge in [0, 0.05) is 0 Å². The molecule has 2 N–H and O–H groups in total. The number of phenols is 1. The maximum Gasteiger partial charge on any atom is 0.324 e. The number of nitro benzene ring substituents is 3. The quantitative estimate of drug-likeness (QED) is 0.337. The summed E-state index contributed by atoms with van der Waals surface area (Å²) in [4.78, 5) is 46.4. The van der Waals surface area contributed by atoms with Crippen LogP contribution in [0.4, 0.5) is 17.1 Å². The number of rotatable bonds is 5. The van der Waals surface area contributed by atoms with Gasteiger partial charge in [-0.25, -0.2) is 0 Å². The van der Waals surface area contributed by atoms with Crippen molar-refractivity contribution in [2.24, 2.45) is 0 Å². The first kappa shape index (κ1) is 18.4. The molecular weight excluding hydrogens is 310 g/mol. The van der Waals surface area contributed by atoms with Gasteiger partial charge in [-0.15, -0.1) is 0 Å². The number of aromatic hydroxyl groups is 1. The molecule has 1 aromatic carbocycles. The molecule has 118 valence electrons. The third-order valence-corrected chi connectivity index (χ3v) is 1.92. The van der Waals surface area contributed by atoms with Crippen LogP contribution in [0.25, 0.3) is 0 Å². The first-order valence-electron chi connectivity index (χ1n) is 5.07. The van der Waals surface area contributed by atoms with E-state index in [4.69, 9.17) is 10.2 Å². The molecule has 13 nitrogen and oxygen atoms in total. The third-order valence-electron chi connectivity index (χ3n) is 1.92. The minimum atomic E-state index is -1.21. The Kier molecular flexibility index (Phi) is 6.53. The Hall–Kier alpha value is -3.64. The molecule has 0 saturated carbocycles. The highest BCUT2D eigenvalue weighted by Crippen LogP contribution is 2.38. The molecule has 0 aliphatic heterocycles. The van der Waals surface area contributed by atoms with E-state index in [9.17, 15) is 39.9 Å². The molecule has 0 radical (unpaired) electrons. The van der Waals surface area contributed by atoms with Crippen LogP contribution < -0.4 is 0 Å². The topological polar surface area (TPSA) is 204 Å². The van der Waals surface area contributed by atoms with Crippen LogP contribution in [0, 0.1) is 30.3 Å². The molecule has 0 aliphatic carbocycles. The average molecular weight is 317 g/mol. The highest BCUT2D eigenvalue weighted by Gasteiger charge is 2.30. The largest absolute Gasteiger partial charge is 0.497 e. The Morgan fingerprint density at radius 1 is 1.05 bits per heavy atom. The number of phenolic OH excluding ortho intramolecular Hbond substituents is 1. The number of carbonyl (C=O) groups is 2. The summed E-state index contributed by atoms with van der Waals surface area (Å²) in [5.74, 6) is -2.29. The molecule has 0 spiro atoms. The smallest absolute Gasteiger partial charge is 0.324 e. The van der Waals surface area contributed by atoms with E-state index in [1.54, 1.807) is 0 Å².